The lowest BCUT2D eigenvalue weighted by molar-refractivity contribution is 0.165. The highest BCUT2D eigenvalue weighted by atomic mass is 15.1. The fourth-order valence-corrected chi connectivity index (χ4v) is 3.16. The molecule has 0 amide bonds. The number of nitrogens with zero attached hydrogens (tertiary/aromatic N) is 1. The molecule has 1 aliphatic carbocycles. The van der Waals surface area contributed by atoms with E-state index in [4.69, 9.17) is 0 Å². The SMILES string of the molecule is CC(C)C1CC(NCCCN2CCCCC2)C1. The Kier molecular flexibility index (Phi) is 5.30. The zero-order chi connectivity index (χ0) is 12.1. The Hall–Kier alpha value is -0.0800. The number of nitrogens with one attached hydrogen (secondary N) is 1. The Bertz CT molecular complexity index is 203. The molecule has 1 aliphatic heterocycles. The predicted molar refractivity (Wildman–Crippen MR) is 74.3 cm³/mol. The Morgan fingerprint density at radius 2 is 1.82 bits per heavy atom. The molecule has 2 fully saturated rings. The van der Waals surface area contributed by atoms with Gasteiger partial charge in [-0.15, -0.1) is 0 Å². The minimum atomic E-state index is 0.837. The van der Waals surface area contributed by atoms with Crippen LogP contribution in [0.5, 0.6) is 0 Å². The summed E-state index contributed by atoms with van der Waals surface area (Å²) in [7, 11) is 0. The Labute approximate surface area is 107 Å². The summed E-state index contributed by atoms with van der Waals surface area (Å²) in [6.07, 6.45) is 8.47. The van der Waals surface area contributed by atoms with Crippen molar-refractivity contribution in [2.45, 2.75) is 58.4 Å². The third-order valence-electron chi connectivity index (χ3n) is 4.65. The summed E-state index contributed by atoms with van der Waals surface area (Å²) in [4.78, 5) is 2.64. The molecule has 2 heteroatoms. The van der Waals surface area contributed by atoms with Gasteiger partial charge in [-0.1, -0.05) is 20.3 Å². The van der Waals surface area contributed by atoms with Gasteiger partial charge in [-0.25, -0.2) is 0 Å². The Morgan fingerprint density at radius 3 is 2.47 bits per heavy atom. The average Bonchev–Trinajstić information content (AvgIpc) is 2.27. The molecule has 1 saturated heterocycles. The third kappa shape index (κ3) is 4.26. The van der Waals surface area contributed by atoms with Crippen molar-refractivity contribution in [1.82, 2.24) is 10.2 Å². The summed E-state index contributed by atoms with van der Waals surface area (Å²) in [5.74, 6) is 1.89. The number of rotatable bonds is 6. The van der Waals surface area contributed by atoms with Crippen LogP contribution in [0.4, 0.5) is 0 Å². The van der Waals surface area contributed by atoms with Crippen molar-refractivity contribution < 1.29 is 0 Å². The zero-order valence-corrected chi connectivity index (χ0v) is 11.8. The molecule has 0 aromatic rings. The quantitative estimate of drug-likeness (QED) is 0.716. The maximum atomic E-state index is 3.72. The molecule has 0 unspecified atom stereocenters. The van der Waals surface area contributed by atoms with Crippen molar-refractivity contribution in [3.05, 3.63) is 0 Å². The van der Waals surface area contributed by atoms with Crippen molar-refractivity contribution in [2.24, 2.45) is 11.8 Å². The standard InChI is InChI=1S/C15H30N2/c1-13(2)14-11-15(12-14)16-7-6-10-17-8-4-3-5-9-17/h13-16H,3-12H2,1-2H3. The van der Waals surface area contributed by atoms with E-state index in [9.17, 15) is 0 Å². The van der Waals surface area contributed by atoms with Crippen LogP contribution in [-0.2, 0) is 0 Å². The van der Waals surface area contributed by atoms with Gasteiger partial charge in [0.25, 0.3) is 0 Å². The molecule has 1 N–H and O–H groups in total. The zero-order valence-electron chi connectivity index (χ0n) is 11.8. The van der Waals surface area contributed by atoms with E-state index in [1.165, 1.54) is 64.7 Å². The van der Waals surface area contributed by atoms with Crippen molar-refractivity contribution >= 4 is 0 Å². The molecular formula is C15H30N2. The van der Waals surface area contributed by atoms with Gasteiger partial charge in [0.15, 0.2) is 0 Å². The molecule has 0 aromatic carbocycles. The topological polar surface area (TPSA) is 15.3 Å². The van der Waals surface area contributed by atoms with Gasteiger partial charge >= 0.3 is 0 Å². The summed E-state index contributed by atoms with van der Waals surface area (Å²) in [5.41, 5.74) is 0. The fourth-order valence-electron chi connectivity index (χ4n) is 3.16. The van der Waals surface area contributed by atoms with Crippen LogP contribution < -0.4 is 5.32 Å². The summed E-state index contributed by atoms with van der Waals surface area (Å²) in [5, 5.41) is 3.72. The highest BCUT2D eigenvalue weighted by Crippen LogP contribution is 2.33. The van der Waals surface area contributed by atoms with Crippen LogP contribution in [0.15, 0.2) is 0 Å². The molecule has 2 nitrogen and oxygen atoms in total. The first kappa shape index (κ1) is 13.4. The van der Waals surface area contributed by atoms with Crippen molar-refractivity contribution in [3.8, 4) is 0 Å². The summed E-state index contributed by atoms with van der Waals surface area (Å²) < 4.78 is 0. The molecule has 0 radical (unpaired) electrons. The van der Waals surface area contributed by atoms with E-state index in [1.54, 1.807) is 0 Å². The predicted octanol–water partition coefficient (Wildman–Crippen LogP) is 2.89. The van der Waals surface area contributed by atoms with Crippen LogP contribution in [0.1, 0.15) is 52.4 Å². The summed E-state index contributed by atoms with van der Waals surface area (Å²) in [6, 6.07) is 0.837. The van der Waals surface area contributed by atoms with Gasteiger partial charge in [-0.05, 0) is 70.1 Å². The first-order chi connectivity index (χ1) is 8.25. The van der Waals surface area contributed by atoms with E-state index in [-0.39, 0.29) is 0 Å². The fraction of sp³-hybridized carbons (Fsp3) is 1.00. The van der Waals surface area contributed by atoms with E-state index in [2.05, 4.69) is 24.1 Å². The molecular weight excluding hydrogens is 208 g/mol. The second-order valence-electron chi connectivity index (χ2n) is 6.38. The maximum Gasteiger partial charge on any atom is 0.00725 e. The van der Waals surface area contributed by atoms with Gasteiger partial charge in [0.1, 0.15) is 0 Å². The molecule has 17 heavy (non-hydrogen) atoms. The number of hydrogen-bond donors (Lipinski definition) is 1. The van der Waals surface area contributed by atoms with E-state index >= 15 is 0 Å². The number of hydrogen-bond acceptors (Lipinski definition) is 2. The second kappa shape index (κ2) is 6.75. The molecule has 1 heterocycles. The van der Waals surface area contributed by atoms with E-state index in [0.717, 1.165) is 17.9 Å². The van der Waals surface area contributed by atoms with Crippen LogP contribution >= 0.6 is 0 Å². The first-order valence-electron chi connectivity index (χ1n) is 7.71. The Morgan fingerprint density at radius 1 is 1.12 bits per heavy atom. The van der Waals surface area contributed by atoms with E-state index < -0.39 is 0 Å². The molecule has 0 spiro atoms. The lowest BCUT2D eigenvalue weighted by Gasteiger charge is -2.38. The van der Waals surface area contributed by atoms with Crippen LogP contribution in [-0.4, -0.2) is 37.1 Å². The lowest BCUT2D eigenvalue weighted by atomic mass is 9.74. The second-order valence-corrected chi connectivity index (χ2v) is 6.38. The minimum absolute atomic E-state index is 0.837. The van der Waals surface area contributed by atoms with E-state index in [0.29, 0.717) is 0 Å². The molecule has 100 valence electrons. The van der Waals surface area contributed by atoms with Crippen molar-refractivity contribution in [3.63, 3.8) is 0 Å². The highest BCUT2D eigenvalue weighted by Gasteiger charge is 2.30. The molecule has 0 aromatic heterocycles. The molecule has 0 atom stereocenters. The lowest BCUT2D eigenvalue weighted by Crippen LogP contribution is -2.44. The van der Waals surface area contributed by atoms with Gasteiger partial charge in [0.05, 0.1) is 0 Å². The van der Waals surface area contributed by atoms with Crippen molar-refractivity contribution in [2.75, 3.05) is 26.2 Å². The molecule has 2 rings (SSSR count). The van der Waals surface area contributed by atoms with Gasteiger partial charge in [0.2, 0.25) is 0 Å². The molecule has 1 saturated carbocycles. The van der Waals surface area contributed by atoms with Crippen LogP contribution in [0.25, 0.3) is 0 Å². The van der Waals surface area contributed by atoms with Crippen LogP contribution in [0.2, 0.25) is 0 Å². The van der Waals surface area contributed by atoms with Gasteiger partial charge < -0.3 is 10.2 Å². The first-order valence-corrected chi connectivity index (χ1v) is 7.71. The average molecular weight is 238 g/mol. The molecule has 0 bridgehead atoms. The monoisotopic (exact) mass is 238 g/mol. The highest BCUT2D eigenvalue weighted by molar-refractivity contribution is 4.86. The third-order valence-corrected chi connectivity index (χ3v) is 4.65. The van der Waals surface area contributed by atoms with Crippen LogP contribution in [0, 0.1) is 11.8 Å². The summed E-state index contributed by atoms with van der Waals surface area (Å²) in [6.45, 7) is 9.95. The molecule has 2 aliphatic rings. The smallest absolute Gasteiger partial charge is 0.00725 e. The van der Waals surface area contributed by atoms with Gasteiger partial charge in [-0.3, -0.25) is 0 Å². The Balaban J connectivity index is 1.44. The maximum absolute atomic E-state index is 3.72. The van der Waals surface area contributed by atoms with Gasteiger partial charge in [0, 0.05) is 6.04 Å². The largest absolute Gasteiger partial charge is 0.314 e. The minimum Gasteiger partial charge on any atom is -0.314 e. The number of likely N-dealkylation sites (tertiary alicyclic amines) is 1. The van der Waals surface area contributed by atoms with Crippen LogP contribution in [0.3, 0.4) is 0 Å². The normalized spacial score (nSPS) is 30.5. The summed E-state index contributed by atoms with van der Waals surface area (Å²) >= 11 is 0. The number of piperidine rings is 1. The van der Waals surface area contributed by atoms with E-state index in [1.807, 2.05) is 0 Å². The van der Waals surface area contributed by atoms with Gasteiger partial charge in [-0.2, -0.15) is 0 Å². The van der Waals surface area contributed by atoms with Crippen molar-refractivity contribution in [1.29, 1.82) is 0 Å².